The number of halogens is 1. The molecule has 1 N–H and O–H groups in total. The van der Waals surface area contributed by atoms with Crippen LogP contribution in [0.2, 0.25) is 5.02 Å². The highest BCUT2D eigenvalue weighted by Gasteiger charge is 2.33. The molecule has 1 atom stereocenters. The maximum absolute atomic E-state index is 13.0. The number of fused-ring (bicyclic) bond motifs is 1. The Bertz CT molecular complexity index is 1030. The van der Waals surface area contributed by atoms with Crippen molar-refractivity contribution in [1.29, 1.82) is 0 Å². The molecule has 7 nitrogen and oxygen atoms in total. The van der Waals surface area contributed by atoms with Crippen LogP contribution < -0.4 is 0 Å². The summed E-state index contributed by atoms with van der Waals surface area (Å²) in [6.45, 7) is 0.747. The zero-order valence-electron chi connectivity index (χ0n) is 15.5. The van der Waals surface area contributed by atoms with E-state index in [2.05, 4.69) is 16.1 Å². The number of aryl methyl sites for hydroxylation is 1. The normalized spacial score (nSPS) is 16.5. The van der Waals surface area contributed by atoms with Crippen LogP contribution in [0.4, 0.5) is 0 Å². The monoisotopic (exact) mass is 400 g/mol. The summed E-state index contributed by atoms with van der Waals surface area (Å²) in [7, 11) is 1.78. The van der Waals surface area contributed by atoms with Crippen molar-refractivity contribution in [2.45, 2.75) is 31.9 Å². The van der Waals surface area contributed by atoms with Gasteiger partial charge in [0.1, 0.15) is 5.69 Å². The first-order valence-corrected chi connectivity index (χ1v) is 9.60. The van der Waals surface area contributed by atoms with E-state index in [1.54, 1.807) is 22.8 Å². The average molecular weight is 401 g/mol. The number of ether oxygens (including phenoxy) is 1. The molecule has 1 aromatic carbocycles. The van der Waals surface area contributed by atoms with E-state index in [-0.39, 0.29) is 24.8 Å². The number of amides is 1. The minimum absolute atomic E-state index is 0.201. The van der Waals surface area contributed by atoms with Crippen LogP contribution in [0.1, 0.15) is 24.1 Å². The van der Waals surface area contributed by atoms with Crippen molar-refractivity contribution in [3.05, 3.63) is 52.9 Å². The average Bonchev–Trinajstić information content (AvgIpc) is 3.37. The summed E-state index contributed by atoms with van der Waals surface area (Å²) in [6, 6.07) is 8.05. The van der Waals surface area contributed by atoms with Crippen LogP contribution >= 0.6 is 11.6 Å². The van der Waals surface area contributed by atoms with Crippen molar-refractivity contribution in [3.63, 3.8) is 0 Å². The standard InChI is InChI=1S/C20H21ClN4O3/c1-24-11-15(21)17(23-24)12-25(20(27)18-6-7-19(26)28-18)9-8-13-10-22-16-5-3-2-4-14(13)16/h2-5,10-11,18,22H,6-9,12H2,1H3. The van der Waals surface area contributed by atoms with Gasteiger partial charge in [-0.05, 0) is 18.1 Å². The third kappa shape index (κ3) is 3.75. The Morgan fingerprint density at radius 1 is 1.43 bits per heavy atom. The second-order valence-corrected chi connectivity index (χ2v) is 7.39. The summed E-state index contributed by atoms with van der Waals surface area (Å²) in [5.41, 5.74) is 2.82. The maximum Gasteiger partial charge on any atom is 0.306 e. The Morgan fingerprint density at radius 2 is 2.25 bits per heavy atom. The van der Waals surface area contributed by atoms with Gasteiger partial charge in [-0.2, -0.15) is 5.10 Å². The van der Waals surface area contributed by atoms with Gasteiger partial charge in [0.05, 0.1) is 11.6 Å². The van der Waals surface area contributed by atoms with Crippen molar-refractivity contribution < 1.29 is 14.3 Å². The third-order valence-electron chi connectivity index (χ3n) is 4.99. The Labute approximate surface area is 167 Å². The first kappa shape index (κ1) is 18.6. The van der Waals surface area contributed by atoms with E-state index in [9.17, 15) is 9.59 Å². The van der Waals surface area contributed by atoms with E-state index in [1.165, 1.54) is 0 Å². The van der Waals surface area contributed by atoms with Gasteiger partial charge < -0.3 is 14.6 Å². The number of cyclic esters (lactones) is 1. The molecule has 146 valence electrons. The summed E-state index contributed by atoms with van der Waals surface area (Å²) in [5.74, 6) is -0.529. The molecule has 4 rings (SSSR count). The number of hydrogen-bond acceptors (Lipinski definition) is 4. The number of aromatic amines is 1. The SMILES string of the molecule is Cn1cc(Cl)c(CN(CCc2c[nH]c3ccccc23)C(=O)C2CCC(=O)O2)n1. The molecule has 0 spiro atoms. The van der Waals surface area contributed by atoms with Crippen LogP contribution in [0.5, 0.6) is 0 Å². The number of rotatable bonds is 6. The molecule has 3 aromatic rings. The van der Waals surface area contributed by atoms with E-state index in [0.717, 1.165) is 16.5 Å². The molecule has 1 aliphatic rings. The Kier molecular flexibility index (Phi) is 5.09. The van der Waals surface area contributed by atoms with Crippen LogP contribution in [0.3, 0.4) is 0 Å². The van der Waals surface area contributed by atoms with Crippen molar-refractivity contribution >= 4 is 34.4 Å². The fourth-order valence-electron chi connectivity index (χ4n) is 3.56. The number of nitrogens with zero attached hydrogens (tertiary/aromatic N) is 3. The van der Waals surface area contributed by atoms with E-state index in [0.29, 0.717) is 30.1 Å². The highest BCUT2D eigenvalue weighted by molar-refractivity contribution is 6.31. The summed E-state index contributed by atoms with van der Waals surface area (Å²) >= 11 is 6.24. The van der Waals surface area contributed by atoms with Gasteiger partial charge in [0.2, 0.25) is 0 Å². The van der Waals surface area contributed by atoms with Crippen molar-refractivity contribution in [3.8, 4) is 0 Å². The van der Waals surface area contributed by atoms with Crippen molar-refractivity contribution in [2.24, 2.45) is 7.05 Å². The molecule has 28 heavy (non-hydrogen) atoms. The largest absolute Gasteiger partial charge is 0.452 e. The lowest BCUT2D eigenvalue weighted by Gasteiger charge is -2.24. The molecule has 0 radical (unpaired) electrons. The van der Waals surface area contributed by atoms with Crippen molar-refractivity contribution in [2.75, 3.05) is 6.54 Å². The zero-order chi connectivity index (χ0) is 19.7. The minimum Gasteiger partial charge on any atom is -0.452 e. The lowest BCUT2D eigenvalue weighted by Crippen LogP contribution is -2.40. The van der Waals surface area contributed by atoms with E-state index in [4.69, 9.17) is 16.3 Å². The predicted molar refractivity (Wildman–Crippen MR) is 105 cm³/mol. The molecular formula is C20H21ClN4O3. The first-order chi connectivity index (χ1) is 13.5. The van der Waals surface area contributed by atoms with Gasteiger partial charge in [-0.1, -0.05) is 29.8 Å². The Balaban J connectivity index is 1.54. The van der Waals surface area contributed by atoms with Crippen LogP contribution in [0.15, 0.2) is 36.7 Å². The highest BCUT2D eigenvalue weighted by Crippen LogP contribution is 2.22. The lowest BCUT2D eigenvalue weighted by atomic mass is 10.1. The number of hydrogen-bond donors (Lipinski definition) is 1. The maximum atomic E-state index is 13.0. The molecule has 8 heteroatoms. The number of carbonyl (C=O) groups excluding carboxylic acids is 2. The topological polar surface area (TPSA) is 80.2 Å². The number of aromatic nitrogens is 3. The molecule has 1 unspecified atom stereocenters. The van der Waals surface area contributed by atoms with Gasteiger partial charge in [0.25, 0.3) is 5.91 Å². The minimum atomic E-state index is -0.724. The van der Waals surface area contributed by atoms with Crippen LogP contribution in [-0.2, 0) is 34.3 Å². The molecule has 1 fully saturated rings. The number of carbonyl (C=O) groups is 2. The molecular weight excluding hydrogens is 380 g/mol. The fraction of sp³-hybridized carbons (Fsp3) is 0.350. The predicted octanol–water partition coefficient (Wildman–Crippen LogP) is 2.83. The number of para-hydroxylation sites is 1. The van der Waals surface area contributed by atoms with Gasteiger partial charge >= 0.3 is 5.97 Å². The number of H-pyrrole nitrogens is 1. The Hall–Kier alpha value is -2.80. The van der Waals surface area contributed by atoms with Crippen molar-refractivity contribution in [1.82, 2.24) is 19.7 Å². The van der Waals surface area contributed by atoms with Crippen LogP contribution in [-0.4, -0.2) is 44.2 Å². The van der Waals surface area contributed by atoms with E-state index in [1.807, 2.05) is 24.4 Å². The third-order valence-corrected chi connectivity index (χ3v) is 5.31. The van der Waals surface area contributed by atoms with Gasteiger partial charge in [-0.3, -0.25) is 14.3 Å². The molecule has 0 bridgehead atoms. The number of benzene rings is 1. The molecule has 3 heterocycles. The zero-order valence-corrected chi connectivity index (χ0v) is 16.3. The van der Waals surface area contributed by atoms with E-state index >= 15 is 0 Å². The molecule has 1 aliphatic heterocycles. The summed E-state index contributed by atoms with van der Waals surface area (Å²) < 4.78 is 6.81. The molecule has 0 aliphatic carbocycles. The quantitative estimate of drug-likeness (QED) is 0.645. The summed E-state index contributed by atoms with van der Waals surface area (Å²) in [4.78, 5) is 29.4. The van der Waals surface area contributed by atoms with Crippen LogP contribution in [0.25, 0.3) is 10.9 Å². The first-order valence-electron chi connectivity index (χ1n) is 9.22. The molecule has 2 aromatic heterocycles. The number of nitrogens with one attached hydrogen (secondary N) is 1. The number of esters is 1. The smallest absolute Gasteiger partial charge is 0.306 e. The summed E-state index contributed by atoms with van der Waals surface area (Å²) in [6.07, 6.45) is 4.30. The fourth-order valence-corrected chi connectivity index (χ4v) is 3.80. The van der Waals surface area contributed by atoms with Crippen LogP contribution in [0, 0.1) is 0 Å². The molecule has 1 saturated heterocycles. The van der Waals surface area contributed by atoms with E-state index < -0.39 is 6.10 Å². The lowest BCUT2D eigenvalue weighted by molar-refractivity contribution is -0.153. The highest BCUT2D eigenvalue weighted by atomic mass is 35.5. The molecule has 1 amide bonds. The van der Waals surface area contributed by atoms with Gasteiger partial charge in [-0.25, -0.2) is 0 Å². The van der Waals surface area contributed by atoms with Gasteiger partial charge in [0.15, 0.2) is 6.10 Å². The van der Waals surface area contributed by atoms with Gasteiger partial charge in [-0.15, -0.1) is 0 Å². The van der Waals surface area contributed by atoms with Gasteiger partial charge in [0, 0.05) is 49.7 Å². The Morgan fingerprint density at radius 3 is 2.96 bits per heavy atom. The molecule has 0 saturated carbocycles. The second-order valence-electron chi connectivity index (χ2n) is 6.98. The summed E-state index contributed by atoms with van der Waals surface area (Å²) in [5, 5.41) is 5.99. The second kappa shape index (κ2) is 7.67.